The lowest BCUT2D eigenvalue weighted by Crippen LogP contribution is -2.44. The Labute approximate surface area is 105 Å². The Balaban J connectivity index is 2.19. The minimum absolute atomic E-state index is 0.415. The Morgan fingerprint density at radius 1 is 1.31 bits per heavy atom. The molecule has 1 rings (SSSR count). The molecule has 1 aliphatic heterocycles. The topological polar surface area (TPSA) is 21.3 Å². The molecule has 2 nitrogen and oxygen atoms in total. The number of nitrogens with one attached hydrogen (secondary N) is 1. The molecule has 0 aromatic rings. The monoisotopic (exact) mass is 245 g/mol. The zero-order chi connectivity index (χ0) is 12.0. The van der Waals surface area contributed by atoms with Gasteiger partial charge in [0.25, 0.3) is 0 Å². The highest BCUT2D eigenvalue weighted by molar-refractivity contribution is 7.99. The maximum Gasteiger partial charge on any atom is 0.0565 e. The minimum Gasteiger partial charge on any atom is -0.375 e. The first-order valence-electron chi connectivity index (χ1n) is 6.61. The highest BCUT2D eigenvalue weighted by Gasteiger charge is 2.24. The third kappa shape index (κ3) is 5.55. The van der Waals surface area contributed by atoms with Crippen LogP contribution >= 0.6 is 11.8 Å². The van der Waals surface area contributed by atoms with Crippen LogP contribution in [0.4, 0.5) is 0 Å². The van der Waals surface area contributed by atoms with E-state index in [1.54, 1.807) is 0 Å². The lowest BCUT2D eigenvalue weighted by molar-refractivity contribution is -0.0433. The van der Waals surface area contributed by atoms with Crippen LogP contribution in [0.5, 0.6) is 0 Å². The summed E-state index contributed by atoms with van der Waals surface area (Å²) >= 11 is 2.03. The average molecular weight is 245 g/mol. The van der Waals surface area contributed by atoms with Crippen molar-refractivity contribution in [3.8, 4) is 0 Å². The SMILES string of the molecule is CCSCCC(C)NC1CC(C)OC(C)C1. The number of thioether (sulfide) groups is 1. The largest absolute Gasteiger partial charge is 0.375 e. The Hall–Kier alpha value is 0.270. The molecule has 0 aromatic carbocycles. The molecular formula is C13H27NOS. The average Bonchev–Trinajstić information content (AvgIpc) is 2.16. The third-order valence-corrected chi connectivity index (χ3v) is 4.05. The van der Waals surface area contributed by atoms with Gasteiger partial charge in [0, 0.05) is 12.1 Å². The summed E-state index contributed by atoms with van der Waals surface area (Å²) in [6.45, 7) is 8.90. The number of hydrogen-bond acceptors (Lipinski definition) is 3. The van der Waals surface area contributed by atoms with Gasteiger partial charge in [-0.1, -0.05) is 6.92 Å². The molecule has 0 spiro atoms. The van der Waals surface area contributed by atoms with Gasteiger partial charge in [0.2, 0.25) is 0 Å². The maximum absolute atomic E-state index is 5.75. The van der Waals surface area contributed by atoms with Gasteiger partial charge in [-0.15, -0.1) is 0 Å². The molecule has 0 aliphatic carbocycles. The molecule has 1 heterocycles. The predicted molar refractivity (Wildman–Crippen MR) is 73.2 cm³/mol. The first-order valence-corrected chi connectivity index (χ1v) is 7.76. The molecule has 3 heteroatoms. The summed E-state index contributed by atoms with van der Waals surface area (Å²) in [7, 11) is 0. The fourth-order valence-electron chi connectivity index (χ4n) is 2.43. The first-order chi connectivity index (χ1) is 7.61. The van der Waals surface area contributed by atoms with Gasteiger partial charge < -0.3 is 10.1 Å². The van der Waals surface area contributed by atoms with Crippen molar-refractivity contribution in [3.05, 3.63) is 0 Å². The lowest BCUT2D eigenvalue weighted by Gasteiger charge is -2.34. The van der Waals surface area contributed by atoms with E-state index in [0.717, 1.165) is 12.8 Å². The zero-order valence-electron chi connectivity index (χ0n) is 11.2. The van der Waals surface area contributed by atoms with Gasteiger partial charge >= 0.3 is 0 Å². The lowest BCUT2D eigenvalue weighted by atomic mass is 9.99. The quantitative estimate of drug-likeness (QED) is 0.727. The van der Waals surface area contributed by atoms with Crippen molar-refractivity contribution in [1.82, 2.24) is 5.32 Å². The smallest absolute Gasteiger partial charge is 0.0565 e. The van der Waals surface area contributed by atoms with Crippen LogP contribution in [0, 0.1) is 0 Å². The molecule has 3 atom stereocenters. The summed E-state index contributed by atoms with van der Waals surface area (Å²) in [5.74, 6) is 2.51. The number of hydrogen-bond donors (Lipinski definition) is 1. The van der Waals surface area contributed by atoms with Crippen molar-refractivity contribution >= 4 is 11.8 Å². The van der Waals surface area contributed by atoms with Gasteiger partial charge in [0.15, 0.2) is 0 Å². The maximum atomic E-state index is 5.75. The minimum atomic E-state index is 0.415. The van der Waals surface area contributed by atoms with Crippen molar-refractivity contribution in [2.24, 2.45) is 0 Å². The van der Waals surface area contributed by atoms with Gasteiger partial charge in [-0.25, -0.2) is 0 Å². The van der Waals surface area contributed by atoms with Crippen LogP contribution in [-0.4, -0.2) is 35.8 Å². The highest BCUT2D eigenvalue weighted by atomic mass is 32.2. The standard InChI is InChI=1S/C13H27NOS/c1-5-16-7-6-10(2)14-13-8-11(3)15-12(4)9-13/h10-14H,5-9H2,1-4H3. The van der Waals surface area contributed by atoms with Crippen LogP contribution < -0.4 is 5.32 Å². The summed E-state index contributed by atoms with van der Waals surface area (Å²) in [6, 6.07) is 1.29. The zero-order valence-corrected chi connectivity index (χ0v) is 12.0. The van der Waals surface area contributed by atoms with Gasteiger partial charge in [0.05, 0.1) is 12.2 Å². The van der Waals surface area contributed by atoms with E-state index in [1.807, 2.05) is 11.8 Å². The van der Waals surface area contributed by atoms with Gasteiger partial charge in [-0.2, -0.15) is 11.8 Å². The van der Waals surface area contributed by atoms with E-state index in [-0.39, 0.29) is 0 Å². The first kappa shape index (κ1) is 14.3. The van der Waals surface area contributed by atoms with E-state index >= 15 is 0 Å². The summed E-state index contributed by atoms with van der Waals surface area (Å²) in [6.07, 6.45) is 4.43. The Kier molecular flexibility index (Phi) is 6.78. The molecule has 96 valence electrons. The highest BCUT2D eigenvalue weighted by Crippen LogP contribution is 2.19. The Bertz CT molecular complexity index is 179. The van der Waals surface area contributed by atoms with E-state index in [0.29, 0.717) is 24.3 Å². The van der Waals surface area contributed by atoms with E-state index in [9.17, 15) is 0 Å². The Morgan fingerprint density at radius 2 is 1.94 bits per heavy atom. The van der Waals surface area contributed by atoms with Crippen molar-refractivity contribution in [3.63, 3.8) is 0 Å². The molecule has 0 radical (unpaired) electrons. The van der Waals surface area contributed by atoms with E-state index in [4.69, 9.17) is 4.74 Å². The van der Waals surface area contributed by atoms with Crippen molar-refractivity contribution in [2.75, 3.05) is 11.5 Å². The Morgan fingerprint density at radius 3 is 2.50 bits per heavy atom. The number of rotatable bonds is 6. The summed E-state index contributed by atoms with van der Waals surface area (Å²) in [4.78, 5) is 0. The fraction of sp³-hybridized carbons (Fsp3) is 1.00. The normalized spacial score (nSPS) is 32.6. The summed E-state index contributed by atoms with van der Waals surface area (Å²) in [5.41, 5.74) is 0. The van der Waals surface area contributed by atoms with Gasteiger partial charge in [-0.3, -0.25) is 0 Å². The summed E-state index contributed by atoms with van der Waals surface area (Å²) in [5, 5.41) is 3.75. The van der Waals surface area contributed by atoms with Crippen LogP contribution in [0.2, 0.25) is 0 Å². The van der Waals surface area contributed by atoms with Crippen LogP contribution in [0.3, 0.4) is 0 Å². The van der Waals surface area contributed by atoms with Crippen LogP contribution in [0.15, 0.2) is 0 Å². The molecule has 1 N–H and O–H groups in total. The second kappa shape index (κ2) is 7.57. The van der Waals surface area contributed by atoms with Crippen molar-refractivity contribution in [1.29, 1.82) is 0 Å². The molecule has 1 fully saturated rings. The van der Waals surface area contributed by atoms with Crippen LogP contribution in [0.25, 0.3) is 0 Å². The molecule has 16 heavy (non-hydrogen) atoms. The van der Waals surface area contributed by atoms with Gasteiger partial charge in [0.1, 0.15) is 0 Å². The predicted octanol–water partition coefficient (Wildman–Crippen LogP) is 3.06. The van der Waals surface area contributed by atoms with Crippen molar-refractivity contribution < 1.29 is 4.74 Å². The van der Waals surface area contributed by atoms with E-state index in [2.05, 4.69) is 33.0 Å². The molecule has 1 saturated heterocycles. The molecule has 3 unspecified atom stereocenters. The fourth-order valence-corrected chi connectivity index (χ4v) is 3.24. The summed E-state index contributed by atoms with van der Waals surface area (Å²) < 4.78 is 5.75. The van der Waals surface area contributed by atoms with Crippen LogP contribution in [-0.2, 0) is 4.74 Å². The molecular weight excluding hydrogens is 218 g/mol. The second-order valence-corrected chi connectivity index (χ2v) is 6.37. The molecule has 0 saturated carbocycles. The molecule has 0 aromatic heterocycles. The second-order valence-electron chi connectivity index (χ2n) is 4.98. The van der Waals surface area contributed by atoms with E-state index in [1.165, 1.54) is 17.9 Å². The van der Waals surface area contributed by atoms with Crippen LogP contribution in [0.1, 0.15) is 47.0 Å². The van der Waals surface area contributed by atoms with Crippen molar-refractivity contribution in [2.45, 2.75) is 71.2 Å². The van der Waals surface area contributed by atoms with E-state index < -0.39 is 0 Å². The number of ether oxygens (including phenoxy) is 1. The third-order valence-electron chi connectivity index (χ3n) is 3.12. The van der Waals surface area contributed by atoms with Gasteiger partial charge in [-0.05, 0) is 51.5 Å². The molecule has 0 bridgehead atoms. The molecule has 1 aliphatic rings. The molecule has 0 amide bonds.